The predicted molar refractivity (Wildman–Crippen MR) is 42.2 cm³/mol. The Morgan fingerprint density at radius 3 is 1.91 bits per heavy atom. The largest absolute Gasteiger partial charge is 0.380 e. The van der Waals surface area contributed by atoms with Crippen LogP contribution in [0.25, 0.3) is 0 Å². The lowest BCUT2D eigenvalue weighted by atomic mass is 10.2. The molecule has 1 heterocycles. The Balaban J connectivity index is 2.62. The predicted octanol–water partition coefficient (Wildman–Crippen LogP) is 1.31. The van der Waals surface area contributed by atoms with Crippen LogP contribution in [0, 0.1) is 0 Å². The van der Waals surface area contributed by atoms with Crippen LogP contribution in [0.2, 0.25) is 0 Å². The Kier molecular flexibility index (Phi) is 3.14. The van der Waals surface area contributed by atoms with E-state index in [4.69, 9.17) is 9.47 Å². The number of hydrogen-bond acceptors (Lipinski definition) is 2. The molecule has 0 spiro atoms. The van der Waals surface area contributed by atoms with E-state index in [1.54, 1.807) is 14.2 Å². The van der Waals surface area contributed by atoms with Crippen molar-refractivity contribution in [1.82, 2.24) is 4.98 Å². The highest BCUT2D eigenvalue weighted by atomic mass is 16.5. The van der Waals surface area contributed by atoms with Crippen LogP contribution in [0.15, 0.2) is 12.4 Å². The molecule has 0 aliphatic carbocycles. The summed E-state index contributed by atoms with van der Waals surface area (Å²) in [6.07, 6.45) is 3.86. The third-order valence-electron chi connectivity index (χ3n) is 1.53. The molecule has 0 fully saturated rings. The van der Waals surface area contributed by atoms with E-state index >= 15 is 0 Å². The molecule has 0 saturated heterocycles. The molecule has 0 unspecified atom stereocenters. The summed E-state index contributed by atoms with van der Waals surface area (Å²) in [5.41, 5.74) is 2.32. The van der Waals surface area contributed by atoms with Gasteiger partial charge in [0.15, 0.2) is 0 Å². The molecule has 62 valence electrons. The van der Waals surface area contributed by atoms with Crippen molar-refractivity contribution in [3.05, 3.63) is 23.5 Å². The van der Waals surface area contributed by atoms with Crippen molar-refractivity contribution in [3.8, 4) is 0 Å². The molecule has 1 aromatic heterocycles. The minimum Gasteiger partial charge on any atom is -0.380 e. The summed E-state index contributed by atoms with van der Waals surface area (Å²) >= 11 is 0. The van der Waals surface area contributed by atoms with Crippen LogP contribution in [-0.2, 0) is 22.7 Å². The molecule has 0 bridgehead atoms. The molecule has 0 aromatic carbocycles. The number of H-pyrrole nitrogens is 1. The van der Waals surface area contributed by atoms with Gasteiger partial charge in [0.05, 0.1) is 13.2 Å². The summed E-state index contributed by atoms with van der Waals surface area (Å²) in [4.78, 5) is 3.01. The maximum Gasteiger partial charge on any atom is 0.0731 e. The fourth-order valence-corrected chi connectivity index (χ4v) is 1.01. The minimum atomic E-state index is 0.641. The first-order chi connectivity index (χ1) is 5.38. The average molecular weight is 155 g/mol. The van der Waals surface area contributed by atoms with Crippen molar-refractivity contribution in [2.75, 3.05) is 14.2 Å². The van der Waals surface area contributed by atoms with Crippen molar-refractivity contribution in [3.63, 3.8) is 0 Å². The highest BCUT2D eigenvalue weighted by molar-refractivity contribution is 5.21. The molecule has 0 amide bonds. The third kappa shape index (κ3) is 2.06. The highest BCUT2D eigenvalue weighted by Crippen LogP contribution is 2.09. The van der Waals surface area contributed by atoms with Crippen molar-refractivity contribution in [1.29, 1.82) is 0 Å². The van der Waals surface area contributed by atoms with E-state index in [2.05, 4.69) is 4.98 Å². The van der Waals surface area contributed by atoms with E-state index in [0.717, 1.165) is 11.1 Å². The van der Waals surface area contributed by atoms with Gasteiger partial charge in [0.25, 0.3) is 0 Å². The molecule has 0 aliphatic rings. The van der Waals surface area contributed by atoms with Crippen LogP contribution in [-0.4, -0.2) is 19.2 Å². The summed E-state index contributed by atoms with van der Waals surface area (Å²) < 4.78 is 10.00. The smallest absolute Gasteiger partial charge is 0.0731 e. The molecule has 3 heteroatoms. The van der Waals surface area contributed by atoms with Crippen LogP contribution in [0.4, 0.5) is 0 Å². The summed E-state index contributed by atoms with van der Waals surface area (Å²) in [7, 11) is 3.37. The number of rotatable bonds is 4. The van der Waals surface area contributed by atoms with Gasteiger partial charge >= 0.3 is 0 Å². The topological polar surface area (TPSA) is 34.2 Å². The van der Waals surface area contributed by atoms with Gasteiger partial charge in [0.1, 0.15) is 0 Å². The first-order valence-corrected chi connectivity index (χ1v) is 3.51. The van der Waals surface area contributed by atoms with Gasteiger partial charge in [0.2, 0.25) is 0 Å². The van der Waals surface area contributed by atoms with E-state index in [-0.39, 0.29) is 0 Å². The van der Waals surface area contributed by atoms with E-state index in [9.17, 15) is 0 Å². The van der Waals surface area contributed by atoms with Crippen molar-refractivity contribution in [2.45, 2.75) is 13.2 Å². The number of methoxy groups -OCH3 is 2. The molecule has 0 saturated carbocycles. The second-order valence-corrected chi connectivity index (χ2v) is 2.37. The van der Waals surface area contributed by atoms with Crippen molar-refractivity contribution < 1.29 is 9.47 Å². The Morgan fingerprint density at radius 2 is 1.55 bits per heavy atom. The molecule has 1 N–H and O–H groups in total. The average Bonchev–Trinajstić information content (AvgIpc) is 2.39. The zero-order valence-electron chi connectivity index (χ0n) is 6.89. The normalized spacial score (nSPS) is 10.4. The minimum absolute atomic E-state index is 0.641. The Morgan fingerprint density at radius 1 is 1.09 bits per heavy atom. The molecule has 11 heavy (non-hydrogen) atoms. The van der Waals surface area contributed by atoms with E-state index in [1.165, 1.54) is 0 Å². The Labute approximate surface area is 66.3 Å². The van der Waals surface area contributed by atoms with Crippen LogP contribution < -0.4 is 0 Å². The molecule has 0 aliphatic heterocycles. The fraction of sp³-hybridized carbons (Fsp3) is 0.500. The Bertz CT molecular complexity index is 187. The lowest BCUT2D eigenvalue weighted by Crippen LogP contribution is -1.92. The summed E-state index contributed by atoms with van der Waals surface area (Å²) in [6.45, 7) is 1.28. The maximum atomic E-state index is 5.00. The van der Waals surface area contributed by atoms with Crippen molar-refractivity contribution in [2.24, 2.45) is 0 Å². The van der Waals surface area contributed by atoms with Crippen LogP contribution >= 0.6 is 0 Å². The number of ether oxygens (including phenoxy) is 2. The van der Waals surface area contributed by atoms with Gasteiger partial charge in [-0.15, -0.1) is 0 Å². The zero-order chi connectivity index (χ0) is 8.10. The molecular weight excluding hydrogens is 142 g/mol. The van der Waals surface area contributed by atoms with Crippen LogP contribution in [0.3, 0.4) is 0 Å². The lowest BCUT2D eigenvalue weighted by Gasteiger charge is -2.00. The molecule has 3 nitrogen and oxygen atoms in total. The standard InChI is InChI=1S/C8H13NO2/c1-10-5-7-3-9-4-8(7)6-11-2/h3-4,9H,5-6H2,1-2H3. The highest BCUT2D eigenvalue weighted by Gasteiger charge is 2.01. The number of nitrogens with one attached hydrogen (secondary N) is 1. The van der Waals surface area contributed by atoms with Gasteiger partial charge in [-0.1, -0.05) is 0 Å². The van der Waals surface area contributed by atoms with Crippen molar-refractivity contribution >= 4 is 0 Å². The van der Waals surface area contributed by atoms with Gasteiger partial charge in [-0.05, 0) is 0 Å². The van der Waals surface area contributed by atoms with E-state index < -0.39 is 0 Å². The first kappa shape index (κ1) is 8.30. The first-order valence-electron chi connectivity index (χ1n) is 3.51. The van der Waals surface area contributed by atoms with Gasteiger partial charge in [-0.2, -0.15) is 0 Å². The van der Waals surface area contributed by atoms with Gasteiger partial charge < -0.3 is 14.5 Å². The summed E-state index contributed by atoms with van der Waals surface area (Å²) in [5.74, 6) is 0. The maximum absolute atomic E-state index is 5.00. The van der Waals surface area contributed by atoms with Crippen LogP contribution in [0.5, 0.6) is 0 Å². The van der Waals surface area contributed by atoms with E-state index in [1.807, 2.05) is 12.4 Å². The third-order valence-corrected chi connectivity index (χ3v) is 1.53. The van der Waals surface area contributed by atoms with Gasteiger partial charge in [-0.3, -0.25) is 0 Å². The number of aromatic nitrogens is 1. The Hall–Kier alpha value is -0.800. The monoisotopic (exact) mass is 155 g/mol. The molecular formula is C8H13NO2. The second kappa shape index (κ2) is 4.16. The van der Waals surface area contributed by atoms with Crippen LogP contribution in [0.1, 0.15) is 11.1 Å². The molecule has 1 rings (SSSR count). The molecule has 0 radical (unpaired) electrons. The molecule has 0 atom stereocenters. The second-order valence-electron chi connectivity index (χ2n) is 2.37. The fourth-order valence-electron chi connectivity index (χ4n) is 1.01. The quantitative estimate of drug-likeness (QED) is 0.711. The zero-order valence-corrected chi connectivity index (χ0v) is 6.89. The van der Waals surface area contributed by atoms with E-state index in [0.29, 0.717) is 13.2 Å². The number of aromatic amines is 1. The van der Waals surface area contributed by atoms with Gasteiger partial charge in [0, 0.05) is 37.7 Å². The van der Waals surface area contributed by atoms with Gasteiger partial charge in [-0.25, -0.2) is 0 Å². The number of hydrogen-bond donors (Lipinski definition) is 1. The summed E-state index contributed by atoms with van der Waals surface area (Å²) in [6, 6.07) is 0. The molecule has 1 aromatic rings. The lowest BCUT2D eigenvalue weighted by molar-refractivity contribution is 0.169. The summed E-state index contributed by atoms with van der Waals surface area (Å²) in [5, 5.41) is 0. The SMILES string of the molecule is COCc1c[nH]cc1COC.